The van der Waals surface area contributed by atoms with Crippen molar-refractivity contribution in [3.8, 4) is 6.07 Å². The molecule has 0 aromatic heterocycles. The number of sulfone groups is 1. The fourth-order valence-electron chi connectivity index (χ4n) is 0.986. The van der Waals surface area contributed by atoms with E-state index in [0.29, 0.717) is 5.02 Å². The van der Waals surface area contributed by atoms with Crippen molar-refractivity contribution in [3.05, 3.63) is 40.4 Å². The third-order valence-electron chi connectivity index (χ3n) is 1.74. The van der Waals surface area contributed by atoms with E-state index in [0.717, 1.165) is 6.20 Å². The van der Waals surface area contributed by atoms with Gasteiger partial charge in [-0.1, -0.05) is 11.6 Å². The molecule has 1 aromatic rings. The number of hydrogen-bond acceptors (Lipinski definition) is 5. The van der Waals surface area contributed by atoms with E-state index in [1.54, 1.807) is 6.07 Å². The molecule has 16 heavy (non-hydrogen) atoms. The predicted molar refractivity (Wildman–Crippen MR) is 59.7 cm³/mol. The maximum atomic E-state index is 11.8. The summed E-state index contributed by atoms with van der Waals surface area (Å²) in [5.74, 6) is 4.94. The van der Waals surface area contributed by atoms with Gasteiger partial charge in [0.1, 0.15) is 6.07 Å². The molecule has 0 saturated heterocycles. The zero-order chi connectivity index (χ0) is 12.2. The second-order valence-corrected chi connectivity index (χ2v) is 5.10. The van der Waals surface area contributed by atoms with Crippen LogP contribution in [0, 0.1) is 11.3 Å². The van der Waals surface area contributed by atoms with Crippen LogP contribution in [0.1, 0.15) is 0 Å². The Morgan fingerprint density at radius 1 is 1.44 bits per heavy atom. The molecule has 0 radical (unpaired) electrons. The number of nitriles is 1. The number of hydrazine groups is 1. The fourth-order valence-corrected chi connectivity index (χ4v) is 2.20. The number of hydrogen-bond donors (Lipinski definition) is 2. The van der Waals surface area contributed by atoms with E-state index in [1.165, 1.54) is 24.3 Å². The van der Waals surface area contributed by atoms with Crippen LogP contribution >= 0.6 is 11.6 Å². The molecule has 0 aliphatic rings. The van der Waals surface area contributed by atoms with Crippen molar-refractivity contribution in [2.75, 3.05) is 0 Å². The molecule has 7 heteroatoms. The molecule has 0 fully saturated rings. The fraction of sp³-hybridized carbons (Fsp3) is 0. The van der Waals surface area contributed by atoms with Crippen molar-refractivity contribution in [2.24, 2.45) is 5.84 Å². The summed E-state index contributed by atoms with van der Waals surface area (Å²) in [5, 5.41) is 9.10. The Labute approximate surface area is 98.0 Å². The van der Waals surface area contributed by atoms with Crippen molar-refractivity contribution in [3.63, 3.8) is 0 Å². The van der Waals surface area contributed by atoms with Crippen LogP contribution < -0.4 is 11.3 Å². The first-order chi connectivity index (χ1) is 7.52. The molecule has 0 bridgehead atoms. The van der Waals surface area contributed by atoms with Crippen molar-refractivity contribution in [1.82, 2.24) is 5.43 Å². The van der Waals surface area contributed by atoms with Crippen molar-refractivity contribution < 1.29 is 8.42 Å². The molecule has 1 aromatic carbocycles. The number of nitrogens with one attached hydrogen (secondary N) is 1. The lowest BCUT2D eigenvalue weighted by Crippen LogP contribution is -2.16. The SMILES string of the molecule is N#C/C(=C\NN)S(=O)(=O)c1ccc(Cl)cc1. The lowest BCUT2D eigenvalue weighted by molar-refractivity contribution is 0.603. The van der Waals surface area contributed by atoms with Crippen molar-refractivity contribution in [1.29, 1.82) is 5.26 Å². The summed E-state index contributed by atoms with van der Waals surface area (Å²) >= 11 is 5.63. The molecule has 5 nitrogen and oxygen atoms in total. The Bertz CT molecular complexity index is 543. The minimum atomic E-state index is -3.83. The highest BCUT2D eigenvalue weighted by Crippen LogP contribution is 2.20. The Balaban J connectivity index is 3.27. The highest BCUT2D eigenvalue weighted by molar-refractivity contribution is 7.95. The van der Waals surface area contributed by atoms with E-state index < -0.39 is 14.7 Å². The second kappa shape index (κ2) is 4.99. The average molecular weight is 258 g/mol. The van der Waals surface area contributed by atoms with Crippen LogP contribution in [0.2, 0.25) is 5.02 Å². The van der Waals surface area contributed by atoms with Gasteiger partial charge in [0, 0.05) is 11.2 Å². The van der Waals surface area contributed by atoms with Crippen LogP contribution in [0.3, 0.4) is 0 Å². The van der Waals surface area contributed by atoms with Gasteiger partial charge in [0.05, 0.1) is 4.90 Å². The van der Waals surface area contributed by atoms with Gasteiger partial charge in [-0.2, -0.15) is 5.26 Å². The summed E-state index contributed by atoms with van der Waals surface area (Å²) in [6.45, 7) is 0. The van der Waals surface area contributed by atoms with Crippen LogP contribution in [0.5, 0.6) is 0 Å². The third kappa shape index (κ3) is 2.52. The van der Waals surface area contributed by atoms with Crippen LogP contribution in [-0.2, 0) is 9.84 Å². The Hall–Kier alpha value is -1.55. The minimum absolute atomic E-state index is 0.0139. The van der Waals surface area contributed by atoms with E-state index in [9.17, 15) is 8.42 Å². The molecule has 0 amide bonds. The lowest BCUT2D eigenvalue weighted by atomic mass is 10.4. The first kappa shape index (κ1) is 12.5. The molecule has 0 saturated carbocycles. The first-order valence-corrected chi connectivity index (χ1v) is 5.95. The van der Waals surface area contributed by atoms with Gasteiger partial charge in [-0.15, -0.1) is 0 Å². The predicted octanol–water partition coefficient (Wildman–Crippen LogP) is 0.942. The quantitative estimate of drug-likeness (QED) is 0.477. The molecule has 0 unspecified atom stereocenters. The monoisotopic (exact) mass is 257 g/mol. The Morgan fingerprint density at radius 2 is 2.00 bits per heavy atom. The Kier molecular flexibility index (Phi) is 3.90. The number of nitrogens with two attached hydrogens (primary N) is 1. The molecule has 1 rings (SSSR count). The average Bonchev–Trinajstić information content (AvgIpc) is 2.26. The number of benzene rings is 1. The smallest absolute Gasteiger partial charge is 0.218 e. The van der Waals surface area contributed by atoms with Gasteiger partial charge < -0.3 is 5.43 Å². The van der Waals surface area contributed by atoms with Crippen molar-refractivity contribution in [2.45, 2.75) is 4.90 Å². The van der Waals surface area contributed by atoms with Gasteiger partial charge in [-0.3, -0.25) is 5.84 Å². The lowest BCUT2D eigenvalue weighted by Gasteiger charge is -2.02. The summed E-state index contributed by atoms with van der Waals surface area (Å²) in [6.07, 6.45) is 0.921. The topological polar surface area (TPSA) is 96.0 Å². The van der Waals surface area contributed by atoms with Crippen molar-refractivity contribution >= 4 is 21.4 Å². The van der Waals surface area contributed by atoms with E-state index in [1.807, 2.05) is 5.43 Å². The number of allylic oxidation sites excluding steroid dienone is 1. The van der Waals surface area contributed by atoms with Gasteiger partial charge in [0.2, 0.25) is 9.84 Å². The number of rotatable bonds is 3. The van der Waals surface area contributed by atoms with E-state index in [2.05, 4.69) is 0 Å². The largest absolute Gasteiger partial charge is 0.329 e. The number of nitrogens with zero attached hydrogens (tertiary/aromatic N) is 1. The van der Waals surface area contributed by atoms with Crippen LogP contribution in [0.4, 0.5) is 0 Å². The molecule has 3 N–H and O–H groups in total. The molecule has 0 aliphatic carbocycles. The standard InChI is InChI=1S/C9H8ClN3O2S/c10-7-1-3-8(4-2-7)16(14,15)9(5-11)6-13-12/h1-4,6,13H,12H2/b9-6+. The molecule has 0 heterocycles. The molecule has 84 valence electrons. The van der Waals surface area contributed by atoms with Crippen LogP contribution in [0.25, 0.3) is 0 Å². The minimum Gasteiger partial charge on any atom is -0.329 e. The molecular weight excluding hydrogens is 250 g/mol. The normalized spacial score (nSPS) is 11.9. The summed E-state index contributed by atoms with van der Waals surface area (Å²) < 4.78 is 23.7. The van der Waals surface area contributed by atoms with Gasteiger partial charge in [-0.25, -0.2) is 8.42 Å². The first-order valence-electron chi connectivity index (χ1n) is 4.09. The highest BCUT2D eigenvalue weighted by atomic mass is 35.5. The summed E-state index contributed by atoms with van der Waals surface area (Å²) in [6, 6.07) is 7.05. The molecule has 0 aliphatic heterocycles. The van der Waals surface area contributed by atoms with Crippen LogP contribution in [0.15, 0.2) is 40.3 Å². The second-order valence-electron chi connectivity index (χ2n) is 2.74. The summed E-state index contributed by atoms with van der Waals surface area (Å²) in [5.41, 5.74) is 2.02. The molecule has 0 spiro atoms. The third-order valence-corrected chi connectivity index (χ3v) is 3.67. The van der Waals surface area contributed by atoms with Crippen LogP contribution in [-0.4, -0.2) is 8.42 Å². The van der Waals surface area contributed by atoms with E-state index in [-0.39, 0.29) is 4.90 Å². The van der Waals surface area contributed by atoms with E-state index >= 15 is 0 Å². The summed E-state index contributed by atoms with van der Waals surface area (Å²) in [7, 11) is -3.83. The number of halogens is 1. The maximum Gasteiger partial charge on any atom is 0.218 e. The Morgan fingerprint density at radius 3 is 2.44 bits per heavy atom. The van der Waals surface area contributed by atoms with Gasteiger partial charge in [0.25, 0.3) is 0 Å². The molecule has 0 atom stereocenters. The van der Waals surface area contributed by atoms with Gasteiger partial charge >= 0.3 is 0 Å². The molecular formula is C9H8ClN3O2S. The van der Waals surface area contributed by atoms with Gasteiger partial charge in [-0.05, 0) is 24.3 Å². The zero-order valence-electron chi connectivity index (χ0n) is 8.01. The summed E-state index contributed by atoms with van der Waals surface area (Å²) in [4.78, 5) is -0.475. The highest BCUT2D eigenvalue weighted by Gasteiger charge is 2.20. The zero-order valence-corrected chi connectivity index (χ0v) is 9.59. The van der Waals surface area contributed by atoms with Gasteiger partial charge in [0.15, 0.2) is 4.91 Å². The van der Waals surface area contributed by atoms with E-state index in [4.69, 9.17) is 22.7 Å². The maximum absolute atomic E-state index is 11.8.